The minimum atomic E-state index is -1.26. The van der Waals surface area contributed by atoms with E-state index in [1.54, 1.807) is 6.92 Å². The smallest absolute Gasteiger partial charge is 0.344 e. The molecule has 0 aliphatic rings. The van der Waals surface area contributed by atoms with Crippen LogP contribution in [0.4, 0.5) is 8.78 Å². The first kappa shape index (κ1) is 14.4. The van der Waals surface area contributed by atoms with Gasteiger partial charge in [0.05, 0.1) is 0 Å². The fourth-order valence-corrected chi connectivity index (χ4v) is 1.48. The van der Waals surface area contributed by atoms with E-state index in [1.807, 2.05) is 0 Å². The van der Waals surface area contributed by atoms with Crippen LogP contribution in [0.15, 0.2) is 12.1 Å². The van der Waals surface area contributed by atoms with E-state index in [1.165, 1.54) is 0 Å². The van der Waals surface area contributed by atoms with Crippen LogP contribution in [0.25, 0.3) is 0 Å². The normalized spacial score (nSPS) is 12.2. The summed E-state index contributed by atoms with van der Waals surface area (Å²) in [5.74, 6) is -3.82. The molecule has 0 aromatic heterocycles. The van der Waals surface area contributed by atoms with Crippen molar-refractivity contribution in [3.05, 3.63) is 29.3 Å². The van der Waals surface area contributed by atoms with Crippen molar-refractivity contribution in [2.45, 2.75) is 32.4 Å². The number of ether oxygens (including phenoxy) is 1. The second kappa shape index (κ2) is 6.30. The van der Waals surface area contributed by atoms with Crippen molar-refractivity contribution in [2.75, 3.05) is 0 Å². The van der Waals surface area contributed by atoms with E-state index in [2.05, 4.69) is 0 Å². The summed E-state index contributed by atoms with van der Waals surface area (Å²) < 4.78 is 32.0. The molecule has 1 aromatic rings. The molecule has 100 valence electrons. The molecule has 1 aromatic carbocycles. The molecule has 0 radical (unpaired) electrons. The highest BCUT2D eigenvalue weighted by atomic mass is 19.1. The minimum absolute atomic E-state index is 0.00849. The van der Waals surface area contributed by atoms with Crippen LogP contribution in [-0.2, 0) is 11.3 Å². The lowest BCUT2D eigenvalue weighted by Crippen LogP contribution is -2.27. The molecule has 0 heterocycles. The van der Waals surface area contributed by atoms with Gasteiger partial charge in [-0.05, 0) is 24.1 Å². The van der Waals surface area contributed by atoms with Crippen molar-refractivity contribution < 1.29 is 23.4 Å². The van der Waals surface area contributed by atoms with Crippen LogP contribution in [0.3, 0.4) is 0 Å². The van der Waals surface area contributed by atoms with Crippen LogP contribution in [-0.4, -0.2) is 17.2 Å². The molecular weight excluding hydrogens is 244 g/mol. The number of halogens is 2. The first-order valence-corrected chi connectivity index (χ1v) is 5.57. The van der Waals surface area contributed by atoms with Gasteiger partial charge in [0.2, 0.25) is 0 Å². The van der Waals surface area contributed by atoms with Crippen LogP contribution in [0.1, 0.15) is 25.3 Å². The molecule has 0 amide bonds. The standard InChI is InChI=1S/C12H15F2NO3/c1-2-3-10(12(16)17)18-11-8(13)4-7(6-15)5-9(11)14/h4-5,10H,2-3,6,15H2,1H3,(H,16,17). The van der Waals surface area contributed by atoms with E-state index >= 15 is 0 Å². The van der Waals surface area contributed by atoms with E-state index in [9.17, 15) is 13.6 Å². The van der Waals surface area contributed by atoms with Gasteiger partial charge in [-0.3, -0.25) is 0 Å². The third kappa shape index (κ3) is 3.40. The molecule has 18 heavy (non-hydrogen) atoms. The summed E-state index contributed by atoms with van der Waals surface area (Å²) in [6.45, 7) is 1.75. The molecule has 0 aliphatic carbocycles. The Bertz CT molecular complexity index is 414. The Labute approximate surface area is 103 Å². The number of hydrogen-bond donors (Lipinski definition) is 2. The highest BCUT2D eigenvalue weighted by Crippen LogP contribution is 2.25. The number of benzene rings is 1. The average molecular weight is 259 g/mol. The van der Waals surface area contributed by atoms with E-state index in [-0.39, 0.29) is 18.5 Å². The SMILES string of the molecule is CCCC(Oc1c(F)cc(CN)cc1F)C(=O)O. The lowest BCUT2D eigenvalue weighted by Gasteiger charge is -2.15. The molecule has 0 fully saturated rings. The molecule has 6 heteroatoms. The van der Waals surface area contributed by atoms with Gasteiger partial charge in [-0.15, -0.1) is 0 Å². The van der Waals surface area contributed by atoms with Gasteiger partial charge < -0.3 is 15.6 Å². The molecule has 4 nitrogen and oxygen atoms in total. The van der Waals surface area contributed by atoms with E-state index in [0.717, 1.165) is 12.1 Å². The predicted molar refractivity (Wildman–Crippen MR) is 61.2 cm³/mol. The van der Waals surface area contributed by atoms with Crippen molar-refractivity contribution in [1.82, 2.24) is 0 Å². The maximum Gasteiger partial charge on any atom is 0.344 e. The third-order valence-corrected chi connectivity index (χ3v) is 2.38. The van der Waals surface area contributed by atoms with Gasteiger partial charge in [0.15, 0.2) is 23.5 Å². The number of nitrogens with two attached hydrogens (primary N) is 1. The molecule has 1 rings (SSSR count). The van der Waals surface area contributed by atoms with E-state index in [0.29, 0.717) is 6.42 Å². The number of carboxylic acids is 1. The summed E-state index contributed by atoms with van der Waals surface area (Å²) in [6.07, 6.45) is -0.559. The fourth-order valence-electron chi connectivity index (χ4n) is 1.48. The number of carbonyl (C=O) groups is 1. The molecule has 0 aliphatic heterocycles. The Kier molecular flexibility index (Phi) is 5.03. The molecule has 3 N–H and O–H groups in total. The maximum absolute atomic E-state index is 13.5. The molecule has 1 unspecified atom stereocenters. The Morgan fingerprint density at radius 3 is 2.39 bits per heavy atom. The maximum atomic E-state index is 13.5. The van der Waals surface area contributed by atoms with Crippen molar-refractivity contribution in [2.24, 2.45) is 5.73 Å². The number of rotatable bonds is 6. The van der Waals surface area contributed by atoms with Crippen molar-refractivity contribution >= 4 is 5.97 Å². The van der Waals surface area contributed by atoms with Crippen LogP contribution >= 0.6 is 0 Å². The predicted octanol–water partition coefficient (Wildman–Crippen LogP) is 2.06. The summed E-state index contributed by atoms with van der Waals surface area (Å²) in [4.78, 5) is 10.8. The third-order valence-electron chi connectivity index (χ3n) is 2.38. The van der Waals surface area contributed by atoms with Gasteiger partial charge in [0.1, 0.15) is 0 Å². The van der Waals surface area contributed by atoms with E-state index < -0.39 is 29.5 Å². The van der Waals surface area contributed by atoms with Crippen molar-refractivity contribution in [3.63, 3.8) is 0 Å². The van der Waals surface area contributed by atoms with Gasteiger partial charge in [0.25, 0.3) is 0 Å². The van der Waals surface area contributed by atoms with Crippen LogP contribution in [0.2, 0.25) is 0 Å². The summed E-state index contributed by atoms with van der Waals surface area (Å²) in [7, 11) is 0. The summed E-state index contributed by atoms with van der Waals surface area (Å²) in [6, 6.07) is 2.06. The number of carboxylic acid groups (broad SMARTS) is 1. The fraction of sp³-hybridized carbons (Fsp3) is 0.417. The molecule has 0 bridgehead atoms. The van der Waals surface area contributed by atoms with Gasteiger partial charge in [-0.25, -0.2) is 13.6 Å². The highest BCUT2D eigenvalue weighted by Gasteiger charge is 2.22. The second-order valence-corrected chi connectivity index (χ2v) is 3.83. The molecule has 0 saturated heterocycles. The van der Waals surface area contributed by atoms with Crippen LogP contribution in [0.5, 0.6) is 5.75 Å². The Morgan fingerprint density at radius 1 is 1.44 bits per heavy atom. The minimum Gasteiger partial charge on any atom is -0.479 e. The van der Waals surface area contributed by atoms with Crippen molar-refractivity contribution in [1.29, 1.82) is 0 Å². The monoisotopic (exact) mass is 259 g/mol. The Hall–Kier alpha value is -1.69. The zero-order valence-electron chi connectivity index (χ0n) is 9.95. The number of aliphatic carboxylic acids is 1. The lowest BCUT2D eigenvalue weighted by atomic mass is 10.2. The first-order chi connectivity index (χ1) is 8.49. The van der Waals surface area contributed by atoms with Crippen LogP contribution < -0.4 is 10.5 Å². The zero-order chi connectivity index (χ0) is 13.7. The van der Waals surface area contributed by atoms with E-state index in [4.69, 9.17) is 15.6 Å². The summed E-state index contributed by atoms with van der Waals surface area (Å²) in [5, 5.41) is 8.86. The summed E-state index contributed by atoms with van der Waals surface area (Å²) >= 11 is 0. The Balaban J connectivity index is 2.99. The molecule has 1 atom stereocenters. The van der Waals surface area contributed by atoms with Gasteiger partial charge in [-0.1, -0.05) is 13.3 Å². The topological polar surface area (TPSA) is 72.5 Å². The molecule has 0 spiro atoms. The van der Waals surface area contributed by atoms with Gasteiger partial charge in [0, 0.05) is 6.54 Å². The highest BCUT2D eigenvalue weighted by molar-refractivity contribution is 5.72. The molecular formula is C12H15F2NO3. The van der Waals surface area contributed by atoms with Gasteiger partial charge in [-0.2, -0.15) is 0 Å². The molecule has 0 saturated carbocycles. The quantitative estimate of drug-likeness (QED) is 0.820. The lowest BCUT2D eigenvalue weighted by molar-refractivity contribution is -0.145. The zero-order valence-corrected chi connectivity index (χ0v) is 9.95. The van der Waals surface area contributed by atoms with Crippen molar-refractivity contribution in [3.8, 4) is 5.75 Å². The second-order valence-electron chi connectivity index (χ2n) is 3.83. The first-order valence-electron chi connectivity index (χ1n) is 5.57. The van der Waals surface area contributed by atoms with Gasteiger partial charge >= 0.3 is 5.97 Å². The largest absolute Gasteiger partial charge is 0.479 e. The Morgan fingerprint density at radius 2 is 2.00 bits per heavy atom. The average Bonchev–Trinajstić information content (AvgIpc) is 2.31. The summed E-state index contributed by atoms with van der Waals surface area (Å²) in [5.41, 5.74) is 5.54. The number of hydrogen-bond acceptors (Lipinski definition) is 3. The van der Waals surface area contributed by atoms with Crippen LogP contribution in [0, 0.1) is 11.6 Å².